The minimum atomic E-state index is 1.05. The molecule has 0 spiro atoms. The molecule has 9 aromatic carbocycles. The first-order valence-electron chi connectivity index (χ1n) is 18.8. The van der Waals surface area contributed by atoms with Gasteiger partial charge in [-0.25, -0.2) is 0 Å². The van der Waals surface area contributed by atoms with Crippen LogP contribution in [-0.4, -0.2) is 4.98 Å². The van der Waals surface area contributed by atoms with Crippen molar-refractivity contribution in [3.8, 4) is 44.5 Å². The van der Waals surface area contributed by atoms with Crippen LogP contribution < -0.4 is 4.90 Å². The van der Waals surface area contributed by atoms with Crippen LogP contribution in [-0.2, 0) is 0 Å². The molecule has 1 aromatic heterocycles. The molecule has 0 saturated heterocycles. The number of aromatic nitrogens is 1. The van der Waals surface area contributed by atoms with Crippen LogP contribution in [0.3, 0.4) is 0 Å². The molecule has 55 heavy (non-hydrogen) atoms. The van der Waals surface area contributed by atoms with Crippen LogP contribution in [0.5, 0.6) is 0 Å². The number of hydrogen-bond donors (Lipinski definition) is 0. The molecule has 0 saturated carbocycles. The molecule has 10 aromatic rings. The van der Waals surface area contributed by atoms with Crippen molar-refractivity contribution in [2.75, 3.05) is 4.90 Å². The number of anilines is 3. The van der Waals surface area contributed by atoms with Gasteiger partial charge in [0.1, 0.15) is 0 Å². The Hall–Kier alpha value is -7.29. The van der Waals surface area contributed by atoms with Crippen LogP contribution in [0.25, 0.3) is 76.8 Å². The van der Waals surface area contributed by atoms with Crippen LogP contribution in [0.4, 0.5) is 17.1 Å². The standard InChI is InChI=1S/C53H36N2/c1-5-15-37(16-6-1)38-25-27-42(28-26-38)55(43-31-33-54-34-32-43)44-29-30-47-50(35-44)45-23-13-14-24-46(45)52-49(40-19-9-3-10-20-40)36-48(39-17-7-2-8-18-39)51(53(47)52)41-21-11-4-12-22-41/h1-36H. The lowest BCUT2D eigenvalue weighted by atomic mass is 9.81. The molecule has 0 fully saturated rings. The Morgan fingerprint density at radius 2 is 0.764 bits per heavy atom. The van der Waals surface area contributed by atoms with E-state index in [1.807, 2.05) is 12.4 Å². The van der Waals surface area contributed by atoms with Crippen LogP contribution in [0.2, 0.25) is 0 Å². The van der Waals surface area contributed by atoms with Gasteiger partial charge in [-0.3, -0.25) is 4.98 Å². The van der Waals surface area contributed by atoms with E-state index in [1.54, 1.807) is 0 Å². The summed E-state index contributed by atoms with van der Waals surface area (Å²) in [6.07, 6.45) is 3.74. The molecule has 0 bridgehead atoms. The smallest absolute Gasteiger partial charge is 0.0492 e. The Labute approximate surface area is 321 Å². The fourth-order valence-corrected chi connectivity index (χ4v) is 8.25. The summed E-state index contributed by atoms with van der Waals surface area (Å²) in [5, 5.41) is 7.42. The van der Waals surface area contributed by atoms with E-state index in [4.69, 9.17) is 0 Å². The summed E-state index contributed by atoms with van der Waals surface area (Å²) in [6.45, 7) is 0. The van der Waals surface area contributed by atoms with Gasteiger partial charge in [-0.1, -0.05) is 164 Å². The highest BCUT2D eigenvalue weighted by molar-refractivity contribution is 6.33. The third-order valence-electron chi connectivity index (χ3n) is 10.7. The number of hydrogen-bond acceptors (Lipinski definition) is 2. The van der Waals surface area contributed by atoms with Crippen molar-refractivity contribution in [3.05, 3.63) is 219 Å². The average Bonchev–Trinajstić information content (AvgIpc) is 3.28. The van der Waals surface area contributed by atoms with Gasteiger partial charge in [0, 0.05) is 29.5 Å². The molecule has 0 N–H and O–H groups in total. The van der Waals surface area contributed by atoms with E-state index in [0.29, 0.717) is 0 Å². The zero-order valence-electron chi connectivity index (χ0n) is 30.2. The van der Waals surface area contributed by atoms with Gasteiger partial charge in [0.15, 0.2) is 0 Å². The molecule has 2 heteroatoms. The monoisotopic (exact) mass is 700 g/mol. The molecule has 10 rings (SSSR count). The quantitative estimate of drug-likeness (QED) is 0.154. The molecule has 0 amide bonds. The van der Waals surface area contributed by atoms with Crippen molar-refractivity contribution >= 4 is 49.4 Å². The first kappa shape index (κ1) is 32.4. The van der Waals surface area contributed by atoms with E-state index >= 15 is 0 Å². The van der Waals surface area contributed by atoms with Crippen molar-refractivity contribution in [2.45, 2.75) is 0 Å². The molecule has 0 radical (unpaired) electrons. The summed E-state index contributed by atoms with van der Waals surface area (Å²) in [7, 11) is 0. The van der Waals surface area contributed by atoms with Crippen molar-refractivity contribution < 1.29 is 0 Å². The topological polar surface area (TPSA) is 16.1 Å². The van der Waals surface area contributed by atoms with Gasteiger partial charge in [0.05, 0.1) is 0 Å². The number of rotatable bonds is 7. The van der Waals surface area contributed by atoms with Crippen molar-refractivity contribution in [1.29, 1.82) is 0 Å². The SMILES string of the molecule is c1ccc(-c2ccc(N(c3ccncc3)c3ccc4c(c3)c3ccccc3c3c(-c5ccccc5)cc(-c5ccccc5)c(-c5ccccc5)c43)cc2)cc1. The fraction of sp³-hybridized carbons (Fsp3) is 0. The van der Waals surface area contributed by atoms with Crippen LogP contribution in [0.15, 0.2) is 219 Å². The van der Waals surface area contributed by atoms with Gasteiger partial charge < -0.3 is 4.90 Å². The van der Waals surface area contributed by atoms with Crippen molar-refractivity contribution in [2.24, 2.45) is 0 Å². The Bertz CT molecular complexity index is 2930. The van der Waals surface area contributed by atoms with E-state index in [0.717, 1.165) is 17.1 Å². The molecule has 2 nitrogen and oxygen atoms in total. The summed E-state index contributed by atoms with van der Waals surface area (Å²) in [6, 6.07) is 74.6. The largest absolute Gasteiger partial charge is 0.310 e. The first-order valence-corrected chi connectivity index (χ1v) is 18.8. The zero-order chi connectivity index (χ0) is 36.6. The Morgan fingerprint density at radius 3 is 1.40 bits per heavy atom. The number of benzene rings is 9. The van der Waals surface area contributed by atoms with E-state index in [9.17, 15) is 0 Å². The maximum Gasteiger partial charge on any atom is 0.0492 e. The minimum absolute atomic E-state index is 1.05. The van der Waals surface area contributed by atoms with E-state index in [2.05, 4.69) is 216 Å². The molecule has 0 aliphatic heterocycles. The number of nitrogens with zero attached hydrogens (tertiary/aromatic N) is 2. The maximum atomic E-state index is 4.37. The molecule has 1 heterocycles. The normalized spacial score (nSPS) is 11.3. The maximum absolute atomic E-state index is 4.37. The van der Waals surface area contributed by atoms with E-state index in [1.165, 1.54) is 76.8 Å². The lowest BCUT2D eigenvalue weighted by Crippen LogP contribution is -2.10. The van der Waals surface area contributed by atoms with Crippen molar-refractivity contribution in [3.63, 3.8) is 0 Å². The predicted octanol–water partition coefficient (Wildman–Crippen LogP) is 14.7. The summed E-state index contributed by atoms with van der Waals surface area (Å²) in [5.74, 6) is 0. The minimum Gasteiger partial charge on any atom is -0.310 e. The fourth-order valence-electron chi connectivity index (χ4n) is 8.25. The Balaban J connectivity index is 1.30. The lowest BCUT2D eigenvalue weighted by Gasteiger charge is -2.27. The summed E-state index contributed by atoms with van der Waals surface area (Å²) >= 11 is 0. The second kappa shape index (κ2) is 13.9. The van der Waals surface area contributed by atoms with Gasteiger partial charge in [0.2, 0.25) is 0 Å². The van der Waals surface area contributed by atoms with E-state index < -0.39 is 0 Å². The second-order valence-electron chi connectivity index (χ2n) is 13.9. The van der Waals surface area contributed by atoms with Crippen molar-refractivity contribution in [1.82, 2.24) is 4.98 Å². The zero-order valence-corrected chi connectivity index (χ0v) is 30.2. The summed E-state index contributed by atoms with van der Waals surface area (Å²) in [4.78, 5) is 6.71. The lowest BCUT2D eigenvalue weighted by molar-refractivity contribution is 1.25. The molecule has 0 aliphatic carbocycles. The van der Waals surface area contributed by atoms with E-state index in [-0.39, 0.29) is 0 Å². The van der Waals surface area contributed by atoms with Gasteiger partial charge >= 0.3 is 0 Å². The third kappa shape index (κ3) is 5.82. The first-order chi connectivity index (χ1) is 27.3. The highest BCUT2D eigenvalue weighted by Crippen LogP contribution is 2.50. The summed E-state index contributed by atoms with van der Waals surface area (Å²) in [5.41, 5.74) is 12.9. The van der Waals surface area contributed by atoms with Gasteiger partial charge in [-0.05, 0) is 119 Å². The Kier molecular flexibility index (Phi) is 8.20. The average molecular weight is 701 g/mol. The number of pyridine rings is 1. The number of fused-ring (bicyclic) bond motifs is 6. The molecule has 0 atom stereocenters. The third-order valence-corrected chi connectivity index (χ3v) is 10.7. The molecule has 0 unspecified atom stereocenters. The molecular weight excluding hydrogens is 665 g/mol. The van der Waals surface area contributed by atoms with Gasteiger partial charge in [0.25, 0.3) is 0 Å². The molecule has 258 valence electrons. The Morgan fingerprint density at radius 1 is 0.291 bits per heavy atom. The van der Waals surface area contributed by atoms with Gasteiger partial charge in [-0.2, -0.15) is 0 Å². The van der Waals surface area contributed by atoms with Crippen LogP contribution in [0.1, 0.15) is 0 Å². The second-order valence-corrected chi connectivity index (χ2v) is 13.9. The predicted molar refractivity (Wildman–Crippen MR) is 233 cm³/mol. The van der Waals surface area contributed by atoms with Crippen LogP contribution in [0, 0.1) is 0 Å². The molecule has 0 aliphatic rings. The molecular formula is C53H36N2. The highest BCUT2D eigenvalue weighted by Gasteiger charge is 2.22. The summed E-state index contributed by atoms with van der Waals surface area (Å²) < 4.78 is 0. The van der Waals surface area contributed by atoms with Crippen LogP contribution >= 0.6 is 0 Å². The highest BCUT2D eigenvalue weighted by atomic mass is 15.1. The van der Waals surface area contributed by atoms with Gasteiger partial charge in [-0.15, -0.1) is 0 Å².